The maximum absolute atomic E-state index is 9.50. The van der Waals surface area contributed by atoms with E-state index in [1.165, 1.54) is 11.3 Å². The number of furan rings is 1. The number of aromatic nitrogens is 2. The molecule has 0 unspecified atom stereocenters. The highest BCUT2D eigenvalue weighted by atomic mass is 32.1. The van der Waals surface area contributed by atoms with Crippen LogP contribution in [0.15, 0.2) is 35.1 Å². The molecule has 1 saturated heterocycles. The molecule has 4 rings (SSSR count). The molecule has 0 radical (unpaired) electrons. The smallest absolute Gasteiger partial charge is 0.290 e. The van der Waals surface area contributed by atoms with Crippen molar-refractivity contribution >= 4 is 28.8 Å². The molecule has 0 aliphatic carbocycles. The molecule has 144 valence electrons. The molecule has 0 aromatic carbocycles. The molecule has 28 heavy (non-hydrogen) atoms. The molecule has 3 aromatic rings. The highest BCUT2D eigenvalue weighted by Crippen LogP contribution is 2.36. The lowest BCUT2D eigenvalue weighted by Gasteiger charge is -2.25. The highest BCUT2D eigenvalue weighted by molar-refractivity contribution is 7.18. The van der Waals surface area contributed by atoms with Crippen LogP contribution >= 0.6 is 11.3 Å². The van der Waals surface area contributed by atoms with E-state index in [2.05, 4.69) is 20.9 Å². The first-order valence-electron chi connectivity index (χ1n) is 8.29. The minimum Gasteiger partial charge on any atom is -0.483 e. The van der Waals surface area contributed by atoms with Gasteiger partial charge in [0.25, 0.3) is 6.47 Å². The highest BCUT2D eigenvalue weighted by Gasteiger charge is 2.19. The number of nitrogens with two attached hydrogens (primary N) is 1. The minimum absolute atomic E-state index is 0.188. The van der Waals surface area contributed by atoms with Crippen LogP contribution in [-0.2, 0) is 9.53 Å². The number of thiazole rings is 1. The van der Waals surface area contributed by atoms with Crippen LogP contribution < -0.4 is 10.6 Å². The Morgan fingerprint density at radius 1 is 1.39 bits per heavy atom. The predicted molar refractivity (Wildman–Crippen MR) is 104 cm³/mol. The van der Waals surface area contributed by atoms with Crippen molar-refractivity contribution in [2.24, 2.45) is 0 Å². The van der Waals surface area contributed by atoms with Crippen LogP contribution in [0.25, 0.3) is 21.9 Å². The summed E-state index contributed by atoms with van der Waals surface area (Å²) in [6.07, 6.45) is 3.35. The van der Waals surface area contributed by atoms with E-state index in [1.54, 1.807) is 18.5 Å². The molecule has 0 bridgehead atoms. The molecule has 4 heterocycles. The monoisotopic (exact) mass is 399 g/mol. The Bertz CT molecular complexity index is 975. The van der Waals surface area contributed by atoms with E-state index < -0.39 is 0 Å². The molecule has 0 amide bonds. The summed E-state index contributed by atoms with van der Waals surface area (Å²) in [5.74, 6) is 0.795. The summed E-state index contributed by atoms with van der Waals surface area (Å²) in [6, 6.07) is 7.57. The summed E-state index contributed by atoms with van der Waals surface area (Å²) in [7, 11) is 0. The van der Waals surface area contributed by atoms with Crippen LogP contribution in [0, 0.1) is 11.3 Å². The predicted octanol–water partition coefficient (Wildman–Crippen LogP) is 2.46. The summed E-state index contributed by atoms with van der Waals surface area (Å²) in [4.78, 5) is 20.2. The topological polar surface area (TPSA) is 138 Å². The fourth-order valence-electron chi connectivity index (χ4n) is 2.72. The fourth-order valence-corrected chi connectivity index (χ4v) is 3.71. The van der Waals surface area contributed by atoms with Crippen LogP contribution in [0.4, 0.5) is 10.9 Å². The van der Waals surface area contributed by atoms with Crippen molar-refractivity contribution in [3.8, 4) is 28.0 Å². The van der Waals surface area contributed by atoms with Gasteiger partial charge in [-0.15, -0.1) is 0 Å². The molecule has 10 heteroatoms. The number of pyridine rings is 1. The Morgan fingerprint density at radius 3 is 2.79 bits per heavy atom. The molecule has 3 N–H and O–H groups in total. The second-order valence-electron chi connectivity index (χ2n) is 5.62. The fraction of sp³-hybridized carbons (Fsp3) is 0.222. The lowest BCUT2D eigenvalue weighted by atomic mass is 10.1. The third-order valence-electron chi connectivity index (χ3n) is 3.97. The van der Waals surface area contributed by atoms with Crippen LogP contribution in [-0.4, -0.2) is 47.8 Å². The van der Waals surface area contributed by atoms with Crippen molar-refractivity contribution in [1.82, 2.24) is 9.97 Å². The number of rotatable bonds is 3. The van der Waals surface area contributed by atoms with Crippen molar-refractivity contribution in [2.75, 3.05) is 36.9 Å². The summed E-state index contributed by atoms with van der Waals surface area (Å²) in [5.41, 5.74) is 7.68. The van der Waals surface area contributed by atoms with E-state index in [-0.39, 0.29) is 12.3 Å². The summed E-state index contributed by atoms with van der Waals surface area (Å²) >= 11 is 1.53. The Morgan fingerprint density at radius 2 is 2.14 bits per heavy atom. The zero-order chi connectivity index (χ0) is 19.9. The summed E-state index contributed by atoms with van der Waals surface area (Å²) in [6.45, 7) is 2.77. The lowest BCUT2D eigenvalue weighted by molar-refractivity contribution is -0.122. The molecule has 0 saturated carbocycles. The number of nitriles is 1. The van der Waals surface area contributed by atoms with E-state index in [4.69, 9.17) is 24.8 Å². The first kappa shape index (κ1) is 19.3. The normalized spacial score (nSPS) is 13.3. The summed E-state index contributed by atoms with van der Waals surface area (Å²) in [5, 5.41) is 17.3. The van der Waals surface area contributed by atoms with Crippen LogP contribution in [0.5, 0.6) is 0 Å². The van der Waals surface area contributed by atoms with Gasteiger partial charge < -0.3 is 24.9 Å². The molecule has 1 fully saturated rings. The van der Waals surface area contributed by atoms with Crippen molar-refractivity contribution in [3.63, 3.8) is 0 Å². The average Bonchev–Trinajstić information content (AvgIpc) is 3.41. The Hall–Kier alpha value is -3.42. The van der Waals surface area contributed by atoms with Gasteiger partial charge in [-0.2, -0.15) is 5.26 Å². The maximum Gasteiger partial charge on any atom is 0.290 e. The second-order valence-corrected chi connectivity index (χ2v) is 6.63. The Balaban J connectivity index is 0.000000706. The van der Waals surface area contributed by atoms with Crippen LogP contribution in [0.3, 0.4) is 0 Å². The molecule has 0 atom stereocenters. The van der Waals surface area contributed by atoms with Gasteiger partial charge in [-0.3, -0.25) is 4.79 Å². The van der Waals surface area contributed by atoms with Crippen molar-refractivity contribution in [2.45, 2.75) is 0 Å². The molecule has 1 aliphatic heterocycles. The average molecular weight is 399 g/mol. The SMILES string of the molecule is N#Cc1c(-c2cnc(N3CCOCC3)s2)cc(-c2ccco2)nc1N.O=CO. The van der Waals surface area contributed by atoms with Gasteiger partial charge in [0.2, 0.25) is 0 Å². The zero-order valence-corrected chi connectivity index (χ0v) is 15.6. The van der Waals surface area contributed by atoms with Gasteiger partial charge in [0, 0.05) is 24.8 Å². The van der Waals surface area contributed by atoms with E-state index in [0.29, 0.717) is 30.2 Å². The minimum atomic E-state index is -0.250. The van der Waals surface area contributed by atoms with E-state index in [9.17, 15) is 5.26 Å². The summed E-state index contributed by atoms with van der Waals surface area (Å²) < 4.78 is 10.8. The zero-order valence-electron chi connectivity index (χ0n) is 14.7. The van der Waals surface area contributed by atoms with Gasteiger partial charge in [0.15, 0.2) is 10.9 Å². The van der Waals surface area contributed by atoms with Crippen LogP contribution in [0.1, 0.15) is 5.56 Å². The number of nitrogen functional groups attached to an aromatic ring is 1. The lowest BCUT2D eigenvalue weighted by Crippen LogP contribution is -2.36. The number of hydrogen-bond acceptors (Lipinski definition) is 9. The standard InChI is InChI=1S/C17H15N5O2S.CH2O2/c18-9-12-11(8-13(21-16(12)19)14-2-1-5-24-14)15-10-20-17(25-15)22-3-6-23-7-4-22;2-1-3/h1-2,5,8,10H,3-4,6-7H2,(H2,19,21);1H,(H,2,3). The van der Waals surface area contributed by atoms with Gasteiger partial charge in [-0.05, 0) is 18.2 Å². The third kappa shape index (κ3) is 4.11. The number of carboxylic acid groups (broad SMARTS) is 1. The van der Waals surface area contributed by atoms with E-state index >= 15 is 0 Å². The molecule has 9 nitrogen and oxygen atoms in total. The van der Waals surface area contributed by atoms with Crippen molar-refractivity contribution in [1.29, 1.82) is 5.26 Å². The van der Waals surface area contributed by atoms with Crippen molar-refractivity contribution < 1.29 is 19.1 Å². The number of carbonyl (C=O) groups is 1. The number of hydrogen-bond donors (Lipinski definition) is 2. The quantitative estimate of drug-likeness (QED) is 0.636. The molecule has 0 spiro atoms. The second kappa shape index (κ2) is 8.98. The first-order chi connectivity index (χ1) is 13.7. The maximum atomic E-state index is 9.50. The Kier molecular flexibility index (Phi) is 6.21. The van der Waals surface area contributed by atoms with Gasteiger partial charge >= 0.3 is 0 Å². The number of morpholine rings is 1. The van der Waals surface area contributed by atoms with Gasteiger partial charge in [0.05, 0.1) is 24.4 Å². The van der Waals surface area contributed by atoms with Crippen molar-refractivity contribution in [3.05, 3.63) is 36.2 Å². The van der Waals surface area contributed by atoms with Crippen LogP contribution in [0.2, 0.25) is 0 Å². The molecular formula is C18H17N5O4S. The van der Waals surface area contributed by atoms with E-state index in [0.717, 1.165) is 28.7 Å². The number of nitrogens with zero attached hydrogens (tertiary/aromatic N) is 4. The van der Waals surface area contributed by atoms with Gasteiger partial charge in [-0.1, -0.05) is 11.3 Å². The Labute approximate surface area is 164 Å². The molecule has 1 aliphatic rings. The molecule has 3 aromatic heterocycles. The molecular weight excluding hydrogens is 382 g/mol. The first-order valence-corrected chi connectivity index (χ1v) is 9.10. The van der Waals surface area contributed by atoms with Gasteiger partial charge in [0.1, 0.15) is 23.1 Å². The van der Waals surface area contributed by atoms with E-state index in [1.807, 2.05) is 12.1 Å². The third-order valence-corrected chi connectivity index (χ3v) is 5.06. The largest absolute Gasteiger partial charge is 0.483 e. The number of anilines is 2. The van der Waals surface area contributed by atoms with Gasteiger partial charge in [-0.25, -0.2) is 9.97 Å². The number of ether oxygens (including phenoxy) is 1.